The number of nitrogens with zero attached hydrogens (tertiary/aromatic N) is 2. The van der Waals surface area contributed by atoms with Crippen LogP contribution in [0.4, 0.5) is 5.69 Å². The van der Waals surface area contributed by atoms with Gasteiger partial charge in [-0.05, 0) is 48.7 Å². The molecule has 160 valence electrons. The Morgan fingerprint density at radius 3 is 2.67 bits per heavy atom. The lowest BCUT2D eigenvalue weighted by Gasteiger charge is -2.12. The van der Waals surface area contributed by atoms with Crippen molar-refractivity contribution in [3.63, 3.8) is 0 Å². The van der Waals surface area contributed by atoms with Gasteiger partial charge in [0.2, 0.25) is 0 Å². The van der Waals surface area contributed by atoms with Crippen LogP contribution in [-0.4, -0.2) is 45.3 Å². The highest BCUT2D eigenvalue weighted by Gasteiger charge is 2.20. The molecule has 0 aliphatic carbocycles. The lowest BCUT2D eigenvalue weighted by Crippen LogP contribution is -2.20. The van der Waals surface area contributed by atoms with Crippen LogP contribution >= 0.6 is 0 Å². The zero-order chi connectivity index (χ0) is 21.7. The van der Waals surface area contributed by atoms with E-state index >= 15 is 0 Å². The number of carbonyl (C=O) groups excluding carboxylic acids is 1. The van der Waals surface area contributed by atoms with Crippen molar-refractivity contribution in [2.45, 2.75) is 31.6 Å². The van der Waals surface area contributed by atoms with Crippen LogP contribution in [0.2, 0.25) is 0 Å². The zero-order valence-electron chi connectivity index (χ0n) is 17.5. The summed E-state index contributed by atoms with van der Waals surface area (Å²) in [5.74, 6) is 1.20. The van der Waals surface area contributed by atoms with Gasteiger partial charge in [-0.25, -0.2) is 0 Å². The summed E-state index contributed by atoms with van der Waals surface area (Å²) in [4.78, 5) is 14.5. The Bertz CT molecular complexity index is 1050. The predicted molar refractivity (Wildman–Crippen MR) is 118 cm³/mol. The van der Waals surface area contributed by atoms with Gasteiger partial charge in [0.25, 0.3) is 15.9 Å². The Morgan fingerprint density at radius 1 is 1.20 bits per heavy atom. The summed E-state index contributed by atoms with van der Waals surface area (Å²) in [6.07, 6.45) is 1.53. The van der Waals surface area contributed by atoms with Crippen molar-refractivity contribution < 1.29 is 17.9 Å². The van der Waals surface area contributed by atoms with E-state index in [1.165, 1.54) is 12.1 Å². The molecule has 0 unspecified atom stereocenters. The van der Waals surface area contributed by atoms with Gasteiger partial charge in [-0.3, -0.25) is 4.79 Å². The van der Waals surface area contributed by atoms with Crippen LogP contribution in [-0.2, 0) is 10.0 Å². The first kappa shape index (κ1) is 21.8. The van der Waals surface area contributed by atoms with Crippen LogP contribution in [0, 0.1) is 5.92 Å². The van der Waals surface area contributed by atoms with Crippen LogP contribution in [0.3, 0.4) is 0 Å². The smallest absolute Gasteiger partial charge is 0.284 e. The average Bonchev–Trinajstić information content (AvgIpc) is 3.10. The third-order valence-electron chi connectivity index (χ3n) is 4.63. The number of anilines is 1. The summed E-state index contributed by atoms with van der Waals surface area (Å²) in [5.41, 5.74) is 0.812. The molecule has 8 heteroatoms. The van der Waals surface area contributed by atoms with Gasteiger partial charge in [0.05, 0.1) is 11.5 Å². The van der Waals surface area contributed by atoms with Gasteiger partial charge in [-0.2, -0.15) is 8.42 Å². The third kappa shape index (κ3) is 5.60. The van der Waals surface area contributed by atoms with Crippen molar-refractivity contribution in [1.82, 2.24) is 4.90 Å². The van der Waals surface area contributed by atoms with E-state index in [2.05, 4.69) is 9.71 Å². The first-order chi connectivity index (χ1) is 14.2. The maximum atomic E-state index is 12.7. The molecular weight excluding hydrogens is 402 g/mol. The summed E-state index contributed by atoms with van der Waals surface area (Å²) in [7, 11) is -2.02. The maximum Gasteiger partial charge on any atom is 0.284 e. The molecular formula is C22H27N3O4S. The topological polar surface area (TPSA) is 88.1 Å². The number of amides is 1. The number of nitrogens with one attached hydrogen (secondary N) is 1. The summed E-state index contributed by atoms with van der Waals surface area (Å²) < 4.78 is 35.0. The number of benzene rings is 2. The normalized spacial score (nSPS) is 15.6. The van der Waals surface area contributed by atoms with E-state index in [1.54, 1.807) is 36.4 Å². The van der Waals surface area contributed by atoms with Gasteiger partial charge in [0.1, 0.15) is 11.6 Å². The largest absolute Gasteiger partial charge is 0.493 e. The molecule has 3 rings (SSSR count). The predicted octanol–water partition coefficient (Wildman–Crippen LogP) is 3.79. The molecule has 0 bridgehead atoms. The van der Waals surface area contributed by atoms with Gasteiger partial charge in [-0.1, -0.05) is 26.0 Å². The Kier molecular flexibility index (Phi) is 6.77. The highest BCUT2D eigenvalue weighted by atomic mass is 32.2. The van der Waals surface area contributed by atoms with Gasteiger partial charge >= 0.3 is 0 Å². The first-order valence-electron chi connectivity index (χ1n) is 9.94. The van der Waals surface area contributed by atoms with E-state index in [1.807, 2.05) is 25.8 Å². The molecule has 1 N–H and O–H groups in total. The summed E-state index contributed by atoms with van der Waals surface area (Å²) >= 11 is 0. The molecule has 1 fully saturated rings. The average molecular weight is 430 g/mol. The minimum Gasteiger partial charge on any atom is -0.493 e. The number of ether oxygens (including phenoxy) is 1. The van der Waals surface area contributed by atoms with Crippen LogP contribution in [0.25, 0.3) is 0 Å². The SMILES string of the molecule is CC(C)COc1cccc(C(=O)Nc2cccc(S(=O)(=O)/N=C3/CCCN3C)c2)c1. The molecule has 1 aliphatic rings. The molecule has 0 radical (unpaired) electrons. The molecule has 0 saturated carbocycles. The molecule has 1 saturated heterocycles. The lowest BCUT2D eigenvalue weighted by molar-refractivity contribution is 0.102. The molecule has 1 aliphatic heterocycles. The maximum absolute atomic E-state index is 12.7. The van der Waals surface area contributed by atoms with E-state index < -0.39 is 10.0 Å². The van der Waals surface area contributed by atoms with Crippen molar-refractivity contribution >= 4 is 27.5 Å². The van der Waals surface area contributed by atoms with Crippen molar-refractivity contribution in [1.29, 1.82) is 0 Å². The second-order valence-corrected chi connectivity index (χ2v) is 9.33. The summed E-state index contributed by atoms with van der Waals surface area (Å²) in [6, 6.07) is 13.0. The van der Waals surface area contributed by atoms with Crippen molar-refractivity contribution in [2.24, 2.45) is 10.3 Å². The van der Waals surface area contributed by atoms with Crippen molar-refractivity contribution in [3.05, 3.63) is 54.1 Å². The fraction of sp³-hybridized carbons (Fsp3) is 0.364. The zero-order valence-corrected chi connectivity index (χ0v) is 18.3. The quantitative estimate of drug-likeness (QED) is 0.724. The number of hydrogen-bond acceptors (Lipinski definition) is 4. The number of sulfonamides is 1. The van der Waals surface area contributed by atoms with Crippen molar-refractivity contribution in [3.8, 4) is 5.75 Å². The number of rotatable bonds is 7. The Balaban J connectivity index is 1.75. The Hall–Kier alpha value is -2.87. The van der Waals surface area contributed by atoms with Crippen LogP contribution in [0.1, 0.15) is 37.0 Å². The number of hydrogen-bond donors (Lipinski definition) is 1. The minimum absolute atomic E-state index is 0.0436. The monoisotopic (exact) mass is 429 g/mol. The van der Waals surface area contributed by atoms with E-state index in [0.29, 0.717) is 41.8 Å². The van der Waals surface area contributed by atoms with Crippen LogP contribution < -0.4 is 10.1 Å². The van der Waals surface area contributed by atoms with E-state index in [4.69, 9.17) is 4.74 Å². The summed E-state index contributed by atoms with van der Waals surface area (Å²) in [6.45, 7) is 5.45. The Morgan fingerprint density at radius 2 is 1.97 bits per heavy atom. The van der Waals surface area contributed by atoms with Gasteiger partial charge in [0, 0.05) is 31.3 Å². The highest BCUT2D eigenvalue weighted by Crippen LogP contribution is 2.21. The van der Waals surface area contributed by atoms with Gasteiger partial charge in [0.15, 0.2) is 0 Å². The second kappa shape index (κ2) is 9.30. The Labute approximate surface area is 177 Å². The second-order valence-electron chi connectivity index (χ2n) is 7.72. The lowest BCUT2D eigenvalue weighted by atomic mass is 10.2. The van der Waals surface area contributed by atoms with Crippen LogP contribution in [0.15, 0.2) is 57.8 Å². The highest BCUT2D eigenvalue weighted by molar-refractivity contribution is 7.90. The minimum atomic E-state index is -3.85. The fourth-order valence-electron chi connectivity index (χ4n) is 3.03. The number of carbonyl (C=O) groups is 1. The number of amidine groups is 1. The van der Waals surface area contributed by atoms with Gasteiger partial charge in [-0.15, -0.1) is 4.40 Å². The van der Waals surface area contributed by atoms with Gasteiger partial charge < -0.3 is 15.0 Å². The van der Waals surface area contributed by atoms with Crippen molar-refractivity contribution in [2.75, 3.05) is 25.5 Å². The molecule has 0 atom stereocenters. The molecule has 0 spiro atoms. The fourth-order valence-corrected chi connectivity index (χ4v) is 4.17. The standard InChI is InChI=1S/C22H27N3O4S/c1-16(2)15-29-19-9-4-7-17(13-19)22(26)23-18-8-5-10-20(14-18)30(27,28)24-21-11-6-12-25(21)3/h4-5,7-10,13-14,16H,6,11-12,15H2,1-3H3,(H,23,26)/b24-21-. The van der Waals surface area contributed by atoms with Crippen LogP contribution in [0.5, 0.6) is 5.75 Å². The third-order valence-corrected chi connectivity index (χ3v) is 5.93. The van der Waals surface area contributed by atoms with E-state index in [0.717, 1.165) is 13.0 Å². The molecule has 1 heterocycles. The van der Waals surface area contributed by atoms with E-state index in [-0.39, 0.29) is 10.8 Å². The van der Waals surface area contributed by atoms with E-state index in [9.17, 15) is 13.2 Å². The molecule has 2 aromatic rings. The summed E-state index contributed by atoms with van der Waals surface area (Å²) in [5, 5.41) is 2.75. The number of likely N-dealkylation sites (tertiary alicyclic amines) is 1. The molecule has 2 aromatic carbocycles. The molecule has 1 amide bonds. The molecule has 7 nitrogen and oxygen atoms in total. The first-order valence-corrected chi connectivity index (χ1v) is 11.4. The molecule has 30 heavy (non-hydrogen) atoms. The molecule has 0 aromatic heterocycles.